The number of benzene rings is 1. The second kappa shape index (κ2) is 5.85. The van der Waals surface area contributed by atoms with Gasteiger partial charge in [-0.1, -0.05) is 12.1 Å². The first-order chi connectivity index (χ1) is 7.90. The normalized spacial score (nSPS) is 17.3. The molecule has 1 fully saturated rings. The highest BCUT2D eigenvalue weighted by Crippen LogP contribution is 2.25. The Morgan fingerprint density at radius 2 is 1.88 bits per heavy atom. The molecule has 1 aromatic carbocycles. The van der Waals surface area contributed by atoms with E-state index in [1.54, 1.807) is 0 Å². The molecule has 1 heterocycles. The molecule has 3 heteroatoms. The average molecular weight is 222 g/mol. The predicted molar refractivity (Wildman–Crippen MR) is 65.8 cm³/mol. The highest BCUT2D eigenvalue weighted by molar-refractivity contribution is 5.45. The van der Waals surface area contributed by atoms with Gasteiger partial charge in [0.15, 0.2) is 0 Å². The quantitative estimate of drug-likeness (QED) is 0.818. The zero-order chi connectivity index (χ0) is 11.2. The van der Waals surface area contributed by atoms with Gasteiger partial charge in [-0.3, -0.25) is 0 Å². The summed E-state index contributed by atoms with van der Waals surface area (Å²) in [5.41, 5.74) is 2.42. The van der Waals surface area contributed by atoms with Crippen LogP contribution in [-0.2, 0) is 0 Å². The van der Waals surface area contributed by atoms with Crippen LogP contribution in [0.15, 0.2) is 24.3 Å². The number of hydrogen-bond acceptors (Lipinski definition) is 2. The lowest BCUT2D eigenvalue weighted by atomic mass is 9.90. The van der Waals surface area contributed by atoms with Crippen LogP contribution in [0.3, 0.4) is 0 Å². The van der Waals surface area contributed by atoms with Crippen molar-refractivity contribution in [2.75, 3.05) is 31.6 Å². The second-order valence-electron chi connectivity index (χ2n) is 4.26. The largest absolute Gasteiger partial charge is 0.382 e. The predicted octanol–water partition coefficient (Wildman–Crippen LogP) is 2.54. The molecule has 0 unspecified atom stereocenters. The molecule has 0 radical (unpaired) electrons. The van der Waals surface area contributed by atoms with Crippen LogP contribution in [-0.4, -0.2) is 26.3 Å². The van der Waals surface area contributed by atoms with E-state index in [1.807, 2.05) is 12.1 Å². The molecule has 0 atom stereocenters. The molecule has 0 aromatic heterocycles. The van der Waals surface area contributed by atoms with Crippen LogP contribution >= 0.6 is 0 Å². The van der Waals surface area contributed by atoms with Gasteiger partial charge in [0.25, 0.3) is 0 Å². The molecular weight excluding hydrogens is 203 g/mol. The molecule has 0 bridgehead atoms. The molecular formula is C13H19FN2. The Bertz CT molecular complexity index is 304. The summed E-state index contributed by atoms with van der Waals surface area (Å²) in [5, 5.41) is 6.41. The van der Waals surface area contributed by atoms with Crippen LogP contribution in [0.5, 0.6) is 0 Å². The SMILES string of the molecule is FCCNc1ccc(C2CCNCC2)cc1. The van der Waals surface area contributed by atoms with Crippen molar-refractivity contribution < 1.29 is 4.39 Å². The number of rotatable bonds is 4. The fourth-order valence-electron chi connectivity index (χ4n) is 2.22. The Morgan fingerprint density at radius 1 is 1.19 bits per heavy atom. The highest BCUT2D eigenvalue weighted by Gasteiger charge is 2.14. The summed E-state index contributed by atoms with van der Waals surface area (Å²) in [5.74, 6) is 0.691. The van der Waals surface area contributed by atoms with Crippen LogP contribution < -0.4 is 10.6 Å². The fourth-order valence-corrected chi connectivity index (χ4v) is 2.22. The molecule has 1 aromatic rings. The lowest BCUT2D eigenvalue weighted by molar-refractivity contribution is 0.460. The van der Waals surface area contributed by atoms with Crippen molar-refractivity contribution in [3.63, 3.8) is 0 Å². The Morgan fingerprint density at radius 3 is 2.50 bits per heavy atom. The van der Waals surface area contributed by atoms with Gasteiger partial charge in [0.1, 0.15) is 6.67 Å². The Balaban J connectivity index is 1.95. The molecule has 88 valence electrons. The summed E-state index contributed by atoms with van der Waals surface area (Å²) in [4.78, 5) is 0. The maximum absolute atomic E-state index is 12.0. The van der Waals surface area contributed by atoms with E-state index < -0.39 is 0 Å². The molecule has 16 heavy (non-hydrogen) atoms. The van der Waals surface area contributed by atoms with E-state index in [-0.39, 0.29) is 6.67 Å². The van der Waals surface area contributed by atoms with Crippen LogP contribution in [0.1, 0.15) is 24.3 Å². The maximum Gasteiger partial charge on any atom is 0.107 e. The standard InChI is InChI=1S/C13H19FN2/c14-7-10-16-13-3-1-11(2-4-13)12-5-8-15-9-6-12/h1-4,12,15-16H,5-10H2. The number of nitrogens with one attached hydrogen (secondary N) is 2. The number of anilines is 1. The minimum Gasteiger partial charge on any atom is -0.382 e. The minimum atomic E-state index is -0.323. The smallest absolute Gasteiger partial charge is 0.107 e. The van der Waals surface area contributed by atoms with Crippen LogP contribution in [0.25, 0.3) is 0 Å². The third-order valence-corrected chi connectivity index (χ3v) is 3.14. The lowest BCUT2D eigenvalue weighted by Gasteiger charge is -2.23. The monoisotopic (exact) mass is 222 g/mol. The van der Waals surface area contributed by atoms with E-state index in [4.69, 9.17) is 0 Å². The van der Waals surface area contributed by atoms with Gasteiger partial charge in [-0.05, 0) is 49.5 Å². The van der Waals surface area contributed by atoms with Crippen molar-refractivity contribution in [2.24, 2.45) is 0 Å². The molecule has 2 rings (SSSR count). The summed E-state index contributed by atoms with van der Waals surface area (Å²) in [7, 11) is 0. The summed E-state index contributed by atoms with van der Waals surface area (Å²) in [6.45, 7) is 2.31. The molecule has 2 nitrogen and oxygen atoms in total. The van der Waals surface area contributed by atoms with E-state index in [1.165, 1.54) is 18.4 Å². The first kappa shape index (κ1) is 11.4. The topological polar surface area (TPSA) is 24.1 Å². The lowest BCUT2D eigenvalue weighted by Crippen LogP contribution is -2.26. The number of piperidine rings is 1. The van der Waals surface area contributed by atoms with Crippen LogP contribution in [0, 0.1) is 0 Å². The fraction of sp³-hybridized carbons (Fsp3) is 0.538. The Kier molecular flexibility index (Phi) is 4.17. The molecule has 0 amide bonds. The van der Waals surface area contributed by atoms with E-state index in [0.29, 0.717) is 12.5 Å². The molecule has 1 aliphatic heterocycles. The summed E-state index contributed by atoms with van der Waals surface area (Å²) >= 11 is 0. The first-order valence-corrected chi connectivity index (χ1v) is 6.00. The van der Waals surface area contributed by atoms with E-state index in [0.717, 1.165) is 18.8 Å². The van der Waals surface area contributed by atoms with Crippen molar-refractivity contribution in [3.05, 3.63) is 29.8 Å². The molecule has 0 saturated carbocycles. The van der Waals surface area contributed by atoms with Gasteiger partial charge in [0.05, 0.1) is 0 Å². The van der Waals surface area contributed by atoms with Gasteiger partial charge in [0, 0.05) is 12.2 Å². The van der Waals surface area contributed by atoms with Gasteiger partial charge in [-0.2, -0.15) is 0 Å². The van der Waals surface area contributed by atoms with Crippen molar-refractivity contribution in [1.82, 2.24) is 5.32 Å². The minimum absolute atomic E-state index is 0.323. The zero-order valence-corrected chi connectivity index (χ0v) is 9.51. The van der Waals surface area contributed by atoms with Gasteiger partial charge >= 0.3 is 0 Å². The number of halogens is 1. The van der Waals surface area contributed by atoms with Gasteiger partial charge in [-0.15, -0.1) is 0 Å². The highest BCUT2D eigenvalue weighted by atomic mass is 19.1. The van der Waals surface area contributed by atoms with Crippen LogP contribution in [0.2, 0.25) is 0 Å². The molecule has 2 N–H and O–H groups in total. The maximum atomic E-state index is 12.0. The van der Waals surface area contributed by atoms with Crippen molar-refractivity contribution in [3.8, 4) is 0 Å². The third kappa shape index (κ3) is 2.95. The van der Waals surface area contributed by atoms with E-state index >= 15 is 0 Å². The summed E-state index contributed by atoms with van der Waals surface area (Å²) in [6, 6.07) is 8.42. The van der Waals surface area contributed by atoms with Crippen molar-refractivity contribution in [2.45, 2.75) is 18.8 Å². The van der Waals surface area contributed by atoms with E-state index in [2.05, 4.69) is 22.8 Å². The van der Waals surface area contributed by atoms with Gasteiger partial charge < -0.3 is 10.6 Å². The average Bonchev–Trinajstić information content (AvgIpc) is 2.38. The van der Waals surface area contributed by atoms with Crippen molar-refractivity contribution in [1.29, 1.82) is 0 Å². The second-order valence-corrected chi connectivity index (χ2v) is 4.26. The molecule has 1 aliphatic rings. The Labute approximate surface area is 96.2 Å². The first-order valence-electron chi connectivity index (χ1n) is 6.00. The number of alkyl halides is 1. The summed E-state index contributed by atoms with van der Waals surface area (Å²) in [6.07, 6.45) is 2.44. The zero-order valence-electron chi connectivity index (χ0n) is 9.51. The molecule has 0 aliphatic carbocycles. The van der Waals surface area contributed by atoms with Crippen LogP contribution in [0.4, 0.5) is 10.1 Å². The third-order valence-electron chi connectivity index (χ3n) is 3.14. The molecule has 0 spiro atoms. The number of hydrogen-bond donors (Lipinski definition) is 2. The van der Waals surface area contributed by atoms with E-state index in [9.17, 15) is 4.39 Å². The van der Waals surface area contributed by atoms with Gasteiger partial charge in [0.2, 0.25) is 0 Å². The summed E-state index contributed by atoms with van der Waals surface area (Å²) < 4.78 is 12.0. The molecule has 1 saturated heterocycles. The van der Waals surface area contributed by atoms with Crippen molar-refractivity contribution >= 4 is 5.69 Å². The van der Waals surface area contributed by atoms with Gasteiger partial charge in [-0.25, -0.2) is 4.39 Å². The Hall–Kier alpha value is -1.09.